The molecule has 5 heteroatoms. The van der Waals surface area contributed by atoms with Crippen molar-refractivity contribution < 1.29 is 4.74 Å². The summed E-state index contributed by atoms with van der Waals surface area (Å²) in [5, 5.41) is 3.43. The number of methoxy groups -OCH3 is 1. The molecule has 0 aromatic heterocycles. The fraction of sp³-hybridized carbons (Fsp3) is 0.667. The molecule has 1 aromatic rings. The molecule has 2 aliphatic rings. The van der Waals surface area contributed by atoms with E-state index in [1.54, 1.807) is 7.11 Å². The van der Waals surface area contributed by atoms with Gasteiger partial charge in [-0.05, 0) is 37.3 Å². The molecule has 0 atom stereocenters. The molecular weight excluding hydrogens is 288 g/mol. The second-order valence-electron chi connectivity index (χ2n) is 6.86. The molecule has 0 radical (unpaired) electrons. The minimum Gasteiger partial charge on any atom is -0.495 e. The highest BCUT2D eigenvalue weighted by molar-refractivity contribution is 5.66. The maximum Gasteiger partial charge on any atom is 0.143 e. The number of piperazine rings is 1. The summed E-state index contributed by atoms with van der Waals surface area (Å²) in [4.78, 5) is 5.11. The van der Waals surface area contributed by atoms with Crippen molar-refractivity contribution in [2.75, 3.05) is 63.6 Å². The average molecular weight is 318 g/mol. The average Bonchev–Trinajstić information content (AvgIpc) is 2.57. The number of piperidine rings is 1. The quantitative estimate of drug-likeness (QED) is 0.828. The molecule has 128 valence electrons. The van der Waals surface area contributed by atoms with Gasteiger partial charge in [0.25, 0.3) is 0 Å². The van der Waals surface area contributed by atoms with Crippen LogP contribution in [0.15, 0.2) is 12.1 Å². The maximum absolute atomic E-state index is 6.00. The van der Waals surface area contributed by atoms with Crippen LogP contribution in [-0.4, -0.2) is 57.8 Å². The van der Waals surface area contributed by atoms with Crippen molar-refractivity contribution in [3.63, 3.8) is 0 Å². The predicted octanol–water partition coefficient (Wildman–Crippen LogP) is 1.71. The summed E-state index contributed by atoms with van der Waals surface area (Å²) in [5.74, 6) is 1.62. The van der Waals surface area contributed by atoms with Crippen LogP contribution < -0.4 is 20.7 Å². The zero-order chi connectivity index (χ0) is 16.2. The zero-order valence-electron chi connectivity index (χ0n) is 14.5. The van der Waals surface area contributed by atoms with E-state index in [0.717, 1.165) is 43.5 Å². The monoisotopic (exact) mass is 318 g/mol. The molecule has 3 rings (SSSR count). The van der Waals surface area contributed by atoms with Crippen LogP contribution in [-0.2, 0) is 0 Å². The molecular formula is C18H30N4O. The Morgan fingerprint density at radius 2 is 1.87 bits per heavy atom. The van der Waals surface area contributed by atoms with Crippen molar-refractivity contribution >= 4 is 11.4 Å². The summed E-state index contributed by atoms with van der Waals surface area (Å²) in [6.07, 6.45) is 2.55. The number of nitrogen functional groups attached to an aromatic ring is 1. The molecule has 0 bridgehead atoms. The van der Waals surface area contributed by atoms with Crippen LogP contribution in [0.1, 0.15) is 18.4 Å². The van der Waals surface area contributed by atoms with Gasteiger partial charge >= 0.3 is 0 Å². The third-order valence-corrected chi connectivity index (χ3v) is 5.23. The van der Waals surface area contributed by atoms with Gasteiger partial charge in [0.1, 0.15) is 5.75 Å². The number of nitrogens with zero attached hydrogens (tertiary/aromatic N) is 2. The van der Waals surface area contributed by atoms with Crippen molar-refractivity contribution in [2.24, 2.45) is 5.92 Å². The van der Waals surface area contributed by atoms with Crippen molar-refractivity contribution in [2.45, 2.75) is 19.8 Å². The number of nitrogens with one attached hydrogen (secondary N) is 1. The first-order valence-corrected chi connectivity index (χ1v) is 8.79. The second-order valence-corrected chi connectivity index (χ2v) is 6.86. The molecule has 5 nitrogen and oxygen atoms in total. The molecule has 2 fully saturated rings. The number of hydrogen-bond donors (Lipinski definition) is 2. The van der Waals surface area contributed by atoms with Gasteiger partial charge in [0.15, 0.2) is 0 Å². The molecule has 0 aliphatic carbocycles. The van der Waals surface area contributed by atoms with Crippen molar-refractivity contribution in [3.8, 4) is 5.75 Å². The van der Waals surface area contributed by atoms with E-state index in [4.69, 9.17) is 10.5 Å². The van der Waals surface area contributed by atoms with E-state index in [1.165, 1.54) is 43.7 Å². The smallest absolute Gasteiger partial charge is 0.143 e. The lowest BCUT2D eigenvalue weighted by Gasteiger charge is -2.37. The summed E-state index contributed by atoms with van der Waals surface area (Å²) in [7, 11) is 1.69. The third-order valence-electron chi connectivity index (χ3n) is 5.23. The van der Waals surface area contributed by atoms with Crippen molar-refractivity contribution in [1.82, 2.24) is 10.2 Å². The highest BCUT2D eigenvalue weighted by atomic mass is 16.5. The molecule has 1 aromatic carbocycles. The molecule has 23 heavy (non-hydrogen) atoms. The highest BCUT2D eigenvalue weighted by Crippen LogP contribution is 2.33. The molecule has 0 spiro atoms. The number of aryl methyl sites for hydroxylation is 1. The summed E-state index contributed by atoms with van der Waals surface area (Å²) in [6.45, 7) is 10.3. The maximum atomic E-state index is 6.00. The molecule has 2 heterocycles. The van der Waals surface area contributed by atoms with Gasteiger partial charge in [-0.3, -0.25) is 0 Å². The Hall–Kier alpha value is -1.46. The van der Waals surface area contributed by atoms with Crippen LogP contribution in [0.3, 0.4) is 0 Å². The van der Waals surface area contributed by atoms with Gasteiger partial charge in [-0.1, -0.05) is 0 Å². The Balaban J connectivity index is 1.58. The normalized spacial score (nSPS) is 20.7. The van der Waals surface area contributed by atoms with E-state index in [1.807, 2.05) is 6.07 Å². The van der Waals surface area contributed by atoms with Crippen LogP contribution in [0.2, 0.25) is 0 Å². The van der Waals surface area contributed by atoms with Crippen molar-refractivity contribution in [3.05, 3.63) is 17.7 Å². The van der Waals surface area contributed by atoms with Crippen LogP contribution >= 0.6 is 0 Å². The zero-order valence-corrected chi connectivity index (χ0v) is 14.5. The SMILES string of the molecule is COc1cc(N2CCC(CN3CCNCC3)CC2)c(C)cc1N. The number of ether oxygens (including phenoxy) is 1. The first-order chi connectivity index (χ1) is 11.2. The van der Waals surface area contributed by atoms with Gasteiger partial charge in [0.2, 0.25) is 0 Å². The summed E-state index contributed by atoms with van der Waals surface area (Å²) in [6, 6.07) is 4.13. The Morgan fingerprint density at radius 3 is 2.52 bits per heavy atom. The minimum atomic E-state index is 0.724. The summed E-state index contributed by atoms with van der Waals surface area (Å²) in [5.41, 5.74) is 9.24. The minimum absolute atomic E-state index is 0.724. The topological polar surface area (TPSA) is 53.8 Å². The van der Waals surface area contributed by atoms with Crippen LogP contribution in [0, 0.1) is 12.8 Å². The molecule has 3 N–H and O–H groups in total. The van der Waals surface area contributed by atoms with Crippen LogP contribution in [0.4, 0.5) is 11.4 Å². The van der Waals surface area contributed by atoms with Gasteiger partial charge in [-0.25, -0.2) is 0 Å². The first kappa shape index (κ1) is 16.4. The Bertz CT molecular complexity index is 520. The molecule has 2 saturated heterocycles. The van der Waals surface area contributed by atoms with E-state index < -0.39 is 0 Å². The summed E-state index contributed by atoms with van der Waals surface area (Å²) >= 11 is 0. The van der Waals surface area contributed by atoms with E-state index in [2.05, 4.69) is 28.1 Å². The molecule has 0 amide bonds. The molecule has 0 unspecified atom stereocenters. The van der Waals surface area contributed by atoms with E-state index in [0.29, 0.717) is 0 Å². The van der Waals surface area contributed by atoms with Crippen molar-refractivity contribution in [1.29, 1.82) is 0 Å². The fourth-order valence-electron chi connectivity index (χ4n) is 3.83. The number of nitrogens with two attached hydrogens (primary N) is 1. The Morgan fingerprint density at radius 1 is 1.17 bits per heavy atom. The van der Waals surface area contributed by atoms with Gasteiger partial charge in [-0.2, -0.15) is 0 Å². The second kappa shape index (κ2) is 7.41. The van der Waals surface area contributed by atoms with E-state index >= 15 is 0 Å². The fourth-order valence-corrected chi connectivity index (χ4v) is 3.83. The van der Waals surface area contributed by atoms with Crippen LogP contribution in [0.25, 0.3) is 0 Å². The lowest BCUT2D eigenvalue weighted by atomic mass is 9.95. The van der Waals surface area contributed by atoms with Gasteiger partial charge < -0.3 is 25.6 Å². The number of rotatable bonds is 4. The largest absolute Gasteiger partial charge is 0.495 e. The third kappa shape index (κ3) is 3.90. The van der Waals surface area contributed by atoms with E-state index in [9.17, 15) is 0 Å². The predicted molar refractivity (Wildman–Crippen MR) is 96.4 cm³/mol. The first-order valence-electron chi connectivity index (χ1n) is 8.79. The number of benzene rings is 1. The highest BCUT2D eigenvalue weighted by Gasteiger charge is 2.23. The lowest BCUT2D eigenvalue weighted by Crippen LogP contribution is -2.47. The number of anilines is 2. The van der Waals surface area contributed by atoms with E-state index in [-0.39, 0.29) is 0 Å². The van der Waals surface area contributed by atoms with Crippen LogP contribution in [0.5, 0.6) is 5.75 Å². The lowest BCUT2D eigenvalue weighted by molar-refractivity contribution is 0.190. The number of hydrogen-bond acceptors (Lipinski definition) is 5. The molecule has 0 saturated carbocycles. The van der Waals surface area contributed by atoms with Gasteiger partial charge in [0, 0.05) is 57.6 Å². The van der Waals surface area contributed by atoms with Gasteiger partial charge in [-0.15, -0.1) is 0 Å². The van der Waals surface area contributed by atoms with Gasteiger partial charge in [0.05, 0.1) is 12.8 Å². The summed E-state index contributed by atoms with van der Waals surface area (Å²) < 4.78 is 5.39. The Kier molecular flexibility index (Phi) is 5.28. The molecule has 2 aliphatic heterocycles. The Labute approximate surface area is 139 Å². The standard InChI is InChI=1S/C18H30N4O/c1-14-11-16(19)18(23-2)12-17(14)22-7-3-15(4-8-22)13-21-9-5-20-6-10-21/h11-12,15,20H,3-10,13,19H2,1-2H3.